The van der Waals surface area contributed by atoms with Crippen LogP contribution in [-0.4, -0.2) is 53.9 Å². The Morgan fingerprint density at radius 2 is 1.66 bits per heavy atom. The second-order valence-electron chi connectivity index (χ2n) is 9.01. The maximum absolute atomic E-state index is 12.2. The van der Waals surface area contributed by atoms with Crippen molar-refractivity contribution >= 4 is 28.4 Å². The fraction of sp³-hybridized carbons (Fsp3) is 0.400. The predicted octanol–water partition coefficient (Wildman–Crippen LogP) is 5.09. The molecule has 0 heterocycles. The van der Waals surface area contributed by atoms with E-state index in [0.29, 0.717) is 30.0 Å². The van der Waals surface area contributed by atoms with Crippen LogP contribution in [0.15, 0.2) is 60.7 Å². The van der Waals surface area contributed by atoms with Crippen molar-refractivity contribution in [2.45, 2.75) is 59.2 Å². The van der Waals surface area contributed by atoms with E-state index in [-0.39, 0.29) is 12.2 Å². The minimum atomic E-state index is -0.965. The molecule has 0 saturated heterocycles. The molecule has 8 heteroatoms. The van der Waals surface area contributed by atoms with E-state index in [9.17, 15) is 9.59 Å². The van der Waals surface area contributed by atoms with Crippen LogP contribution in [0.3, 0.4) is 0 Å². The van der Waals surface area contributed by atoms with Gasteiger partial charge in [-0.1, -0.05) is 69.7 Å². The molecule has 3 aromatic carbocycles. The summed E-state index contributed by atoms with van der Waals surface area (Å²) in [6.07, 6.45) is 2.10. The Morgan fingerprint density at radius 3 is 2.29 bits per heavy atom. The first-order valence-electron chi connectivity index (χ1n) is 13.1. The molecule has 0 amide bonds. The second-order valence-corrected chi connectivity index (χ2v) is 9.01. The Balaban J connectivity index is 0.000000279. The van der Waals surface area contributed by atoms with Gasteiger partial charge in [0, 0.05) is 0 Å². The van der Waals surface area contributed by atoms with E-state index in [1.165, 1.54) is 0 Å². The molecule has 0 aliphatic heterocycles. The van der Waals surface area contributed by atoms with Crippen LogP contribution in [0, 0.1) is 0 Å². The van der Waals surface area contributed by atoms with E-state index >= 15 is 0 Å². The van der Waals surface area contributed by atoms with Crippen molar-refractivity contribution in [2.24, 2.45) is 5.73 Å². The number of unbranched alkanes of at least 4 members (excludes halogenated alkanes) is 1. The van der Waals surface area contributed by atoms with Gasteiger partial charge in [0.05, 0.1) is 17.9 Å². The molecule has 0 spiro atoms. The standard InChI is InChI=1S/C17H28N2O3.C13H13NO2/c1-5-8-11-21-16-12-14(9-10-15(16)18)17(20)22-13(4)19(6-2)7-3;14-12(13(15)16)8-9-5-6-10-3-1-2-4-11(10)7-9/h9-10,12-13H,5-8,11,18H2,1-4H3;1-7,12H,8,14H2,(H,15,16)/t;12-/m.1/s1. The molecule has 8 nitrogen and oxygen atoms in total. The minimum Gasteiger partial charge on any atom is -0.491 e. The van der Waals surface area contributed by atoms with Crippen LogP contribution in [-0.2, 0) is 16.0 Å². The summed E-state index contributed by atoms with van der Waals surface area (Å²) in [5, 5.41) is 11.0. The van der Waals surface area contributed by atoms with E-state index < -0.39 is 12.0 Å². The van der Waals surface area contributed by atoms with Gasteiger partial charge in [-0.2, -0.15) is 0 Å². The van der Waals surface area contributed by atoms with Gasteiger partial charge in [-0.15, -0.1) is 0 Å². The number of anilines is 1. The smallest absolute Gasteiger partial charge is 0.339 e. The molecule has 3 rings (SSSR count). The number of fused-ring (bicyclic) bond motifs is 1. The highest BCUT2D eigenvalue weighted by Gasteiger charge is 2.17. The molecular formula is C30H41N3O5. The molecule has 3 aromatic rings. The Labute approximate surface area is 225 Å². The maximum Gasteiger partial charge on any atom is 0.339 e. The van der Waals surface area contributed by atoms with Crippen LogP contribution < -0.4 is 16.2 Å². The van der Waals surface area contributed by atoms with Gasteiger partial charge in [-0.25, -0.2) is 4.79 Å². The van der Waals surface area contributed by atoms with Gasteiger partial charge < -0.3 is 26.0 Å². The maximum atomic E-state index is 12.2. The number of aliphatic carboxylic acids is 1. The molecule has 0 aliphatic carbocycles. The Kier molecular flexibility index (Phi) is 12.6. The lowest BCUT2D eigenvalue weighted by Gasteiger charge is -2.25. The zero-order valence-corrected chi connectivity index (χ0v) is 22.9. The summed E-state index contributed by atoms with van der Waals surface area (Å²) < 4.78 is 11.1. The van der Waals surface area contributed by atoms with Gasteiger partial charge in [-0.3, -0.25) is 9.69 Å². The number of hydrogen-bond acceptors (Lipinski definition) is 7. The zero-order valence-electron chi connectivity index (χ0n) is 22.9. The van der Waals surface area contributed by atoms with Crippen LogP contribution in [0.1, 0.15) is 56.5 Å². The number of benzene rings is 3. The number of esters is 1. The van der Waals surface area contributed by atoms with Gasteiger partial charge >= 0.3 is 11.9 Å². The summed E-state index contributed by atoms with van der Waals surface area (Å²) in [4.78, 5) is 24.9. The van der Waals surface area contributed by atoms with Gasteiger partial charge in [0.25, 0.3) is 0 Å². The van der Waals surface area contributed by atoms with Crippen molar-refractivity contribution in [1.82, 2.24) is 4.90 Å². The fourth-order valence-corrected chi connectivity index (χ4v) is 3.86. The Bertz CT molecular complexity index is 1180. The molecular weight excluding hydrogens is 482 g/mol. The number of nitrogens with two attached hydrogens (primary N) is 2. The number of ether oxygens (including phenoxy) is 2. The summed E-state index contributed by atoms with van der Waals surface area (Å²) >= 11 is 0. The van der Waals surface area contributed by atoms with Crippen LogP contribution in [0.5, 0.6) is 5.75 Å². The van der Waals surface area contributed by atoms with Crippen molar-refractivity contribution in [2.75, 3.05) is 25.4 Å². The quantitative estimate of drug-likeness (QED) is 0.130. The number of carbonyl (C=O) groups is 2. The lowest BCUT2D eigenvalue weighted by atomic mass is 10.0. The lowest BCUT2D eigenvalue weighted by Crippen LogP contribution is -2.36. The molecule has 0 fully saturated rings. The summed E-state index contributed by atoms with van der Waals surface area (Å²) in [7, 11) is 0. The highest BCUT2D eigenvalue weighted by Crippen LogP contribution is 2.24. The van der Waals surface area contributed by atoms with Crippen molar-refractivity contribution in [1.29, 1.82) is 0 Å². The third-order valence-corrected chi connectivity index (χ3v) is 6.20. The lowest BCUT2D eigenvalue weighted by molar-refractivity contribution is -0.138. The van der Waals surface area contributed by atoms with Crippen LogP contribution in [0.2, 0.25) is 0 Å². The molecule has 1 unspecified atom stereocenters. The van der Waals surface area contributed by atoms with Crippen LogP contribution in [0.25, 0.3) is 10.8 Å². The summed E-state index contributed by atoms with van der Waals surface area (Å²) in [5.41, 5.74) is 13.3. The van der Waals surface area contributed by atoms with E-state index in [1.54, 1.807) is 18.2 Å². The van der Waals surface area contributed by atoms with Crippen LogP contribution in [0.4, 0.5) is 5.69 Å². The SMILES string of the molecule is CCCCOc1cc(C(=O)OC(C)N(CC)CC)ccc1N.N[C@H](Cc1ccc2ccccc2c1)C(=O)O. The number of carboxylic acid groups (broad SMARTS) is 1. The van der Waals surface area contributed by atoms with Gasteiger partial charge in [0.15, 0.2) is 6.23 Å². The van der Waals surface area contributed by atoms with Crippen molar-refractivity contribution in [3.8, 4) is 5.75 Å². The topological polar surface area (TPSA) is 128 Å². The third kappa shape index (κ3) is 9.36. The predicted molar refractivity (Wildman–Crippen MR) is 152 cm³/mol. The first-order chi connectivity index (χ1) is 18.2. The van der Waals surface area contributed by atoms with Crippen LogP contribution >= 0.6 is 0 Å². The molecule has 0 saturated carbocycles. The molecule has 0 bridgehead atoms. The first-order valence-corrected chi connectivity index (χ1v) is 13.1. The summed E-state index contributed by atoms with van der Waals surface area (Å²) in [6, 6.07) is 18.0. The number of nitrogen functional groups attached to an aromatic ring is 1. The summed E-state index contributed by atoms with van der Waals surface area (Å²) in [5.74, 6) is -0.786. The molecule has 206 valence electrons. The normalized spacial score (nSPS) is 12.4. The monoisotopic (exact) mass is 523 g/mol. The number of rotatable bonds is 12. The molecule has 38 heavy (non-hydrogen) atoms. The third-order valence-electron chi connectivity index (χ3n) is 6.20. The molecule has 5 N–H and O–H groups in total. The van der Waals surface area contributed by atoms with Gasteiger partial charge in [-0.05, 0) is 67.4 Å². The van der Waals surface area contributed by atoms with Crippen molar-refractivity contribution < 1.29 is 24.2 Å². The minimum absolute atomic E-state index is 0.260. The molecule has 2 atom stereocenters. The van der Waals surface area contributed by atoms with Crippen molar-refractivity contribution in [3.05, 3.63) is 71.8 Å². The highest BCUT2D eigenvalue weighted by molar-refractivity contribution is 5.90. The average molecular weight is 524 g/mol. The second kappa shape index (κ2) is 15.6. The molecule has 0 aromatic heterocycles. The van der Waals surface area contributed by atoms with E-state index in [2.05, 4.69) is 11.8 Å². The number of carboxylic acids is 1. The Hall–Kier alpha value is -3.62. The first kappa shape index (κ1) is 30.6. The summed E-state index contributed by atoms with van der Waals surface area (Å²) in [6.45, 7) is 10.3. The van der Waals surface area contributed by atoms with Crippen molar-refractivity contribution in [3.63, 3.8) is 0 Å². The van der Waals surface area contributed by atoms with E-state index in [1.807, 2.05) is 63.2 Å². The highest BCUT2D eigenvalue weighted by atomic mass is 16.6. The Morgan fingerprint density at radius 1 is 0.974 bits per heavy atom. The molecule has 0 radical (unpaired) electrons. The number of hydrogen-bond donors (Lipinski definition) is 3. The van der Waals surface area contributed by atoms with Gasteiger partial charge in [0.2, 0.25) is 0 Å². The fourth-order valence-electron chi connectivity index (χ4n) is 3.86. The largest absolute Gasteiger partial charge is 0.491 e. The van der Waals surface area contributed by atoms with Gasteiger partial charge in [0.1, 0.15) is 11.8 Å². The number of nitrogens with zero attached hydrogens (tertiary/aromatic N) is 1. The van der Waals surface area contributed by atoms with E-state index in [0.717, 1.165) is 42.3 Å². The average Bonchev–Trinajstić information content (AvgIpc) is 2.90. The zero-order chi connectivity index (χ0) is 28.1. The number of carbonyl (C=O) groups excluding carboxylic acids is 1. The molecule has 0 aliphatic rings. The van der Waals surface area contributed by atoms with E-state index in [4.69, 9.17) is 26.0 Å².